The molecule has 2 bridgehead atoms. The molecule has 2 amide bonds. The van der Waals surface area contributed by atoms with E-state index >= 15 is 0 Å². The van der Waals surface area contributed by atoms with Crippen LogP contribution in [-0.4, -0.2) is 55.1 Å². The summed E-state index contributed by atoms with van der Waals surface area (Å²) in [6, 6.07) is 20.7. The van der Waals surface area contributed by atoms with Crippen molar-refractivity contribution in [3.8, 4) is 0 Å². The molecule has 6 nitrogen and oxygen atoms in total. The summed E-state index contributed by atoms with van der Waals surface area (Å²) in [5.41, 5.74) is 1.87. The van der Waals surface area contributed by atoms with Crippen molar-refractivity contribution < 1.29 is 9.59 Å². The van der Waals surface area contributed by atoms with Gasteiger partial charge in [0.1, 0.15) is 6.17 Å². The molecule has 0 aromatic heterocycles. The van der Waals surface area contributed by atoms with Gasteiger partial charge in [-0.25, -0.2) is 0 Å². The number of carbonyl (C=O) groups excluding carboxylic acids is 2. The van der Waals surface area contributed by atoms with Gasteiger partial charge in [0.05, 0.1) is 11.5 Å². The minimum Gasteiger partial charge on any atom is -0.353 e. The van der Waals surface area contributed by atoms with Gasteiger partial charge >= 0.3 is 0 Å². The molecule has 2 atom stereocenters. The second kappa shape index (κ2) is 11.4. The third kappa shape index (κ3) is 5.29. The van der Waals surface area contributed by atoms with Crippen molar-refractivity contribution in [3.63, 3.8) is 0 Å². The van der Waals surface area contributed by atoms with Crippen LogP contribution in [0.5, 0.6) is 0 Å². The topological polar surface area (TPSA) is 73.5 Å². The van der Waals surface area contributed by atoms with Gasteiger partial charge in [-0.1, -0.05) is 74.5 Å². The number of rotatable bonds is 10. The highest BCUT2D eigenvalue weighted by Gasteiger charge is 2.55. The molecular formula is C29H40N4O2. The van der Waals surface area contributed by atoms with Crippen LogP contribution in [0.1, 0.15) is 62.5 Å². The monoisotopic (exact) mass is 476 g/mol. The zero-order chi connectivity index (χ0) is 24.8. The summed E-state index contributed by atoms with van der Waals surface area (Å²) in [5.74, 6) is 0.0566. The van der Waals surface area contributed by atoms with Crippen LogP contribution in [0.4, 0.5) is 0 Å². The maximum absolute atomic E-state index is 13.9. The lowest BCUT2D eigenvalue weighted by Crippen LogP contribution is -2.63. The Labute approximate surface area is 209 Å². The van der Waals surface area contributed by atoms with Crippen molar-refractivity contribution in [2.24, 2.45) is 5.92 Å². The maximum atomic E-state index is 13.9. The van der Waals surface area contributed by atoms with Gasteiger partial charge in [0.2, 0.25) is 5.91 Å². The zero-order valence-electron chi connectivity index (χ0n) is 21.3. The number of fused-ring (bicyclic) bond motifs is 4. The van der Waals surface area contributed by atoms with E-state index in [-0.39, 0.29) is 29.6 Å². The van der Waals surface area contributed by atoms with Gasteiger partial charge in [0.15, 0.2) is 0 Å². The highest BCUT2D eigenvalue weighted by Crippen LogP contribution is 2.53. The van der Waals surface area contributed by atoms with Crippen LogP contribution in [0.2, 0.25) is 0 Å². The van der Waals surface area contributed by atoms with Crippen LogP contribution in [0.3, 0.4) is 0 Å². The van der Waals surface area contributed by atoms with Crippen LogP contribution in [0, 0.1) is 5.92 Å². The first-order valence-electron chi connectivity index (χ1n) is 13.1. The van der Waals surface area contributed by atoms with Crippen molar-refractivity contribution in [3.05, 3.63) is 71.8 Å². The molecule has 3 fully saturated rings. The van der Waals surface area contributed by atoms with E-state index in [9.17, 15) is 9.59 Å². The molecule has 1 aliphatic carbocycles. The molecule has 2 aromatic rings. The Balaban J connectivity index is 1.74. The van der Waals surface area contributed by atoms with Crippen molar-refractivity contribution in [2.75, 3.05) is 26.7 Å². The van der Waals surface area contributed by atoms with E-state index in [0.29, 0.717) is 6.54 Å². The molecule has 188 valence electrons. The van der Waals surface area contributed by atoms with Crippen LogP contribution in [-0.2, 0) is 9.59 Å². The second-order valence-electron chi connectivity index (χ2n) is 10.1. The highest BCUT2D eigenvalue weighted by molar-refractivity contribution is 5.85. The molecule has 2 aromatic carbocycles. The van der Waals surface area contributed by atoms with Crippen LogP contribution in [0.15, 0.2) is 60.7 Å². The Morgan fingerprint density at radius 2 is 1.43 bits per heavy atom. The van der Waals surface area contributed by atoms with E-state index < -0.39 is 11.7 Å². The number of hydrogen-bond donors (Lipinski definition) is 3. The molecule has 0 radical (unpaired) electrons. The summed E-state index contributed by atoms with van der Waals surface area (Å²) in [5, 5.41) is 10.0. The summed E-state index contributed by atoms with van der Waals surface area (Å²) >= 11 is 0. The lowest BCUT2D eigenvalue weighted by atomic mass is 9.61. The Kier molecular flexibility index (Phi) is 8.24. The molecule has 2 unspecified atom stereocenters. The number of benzene rings is 2. The fourth-order valence-electron chi connectivity index (χ4n) is 6.01. The molecule has 0 spiro atoms. The lowest BCUT2D eigenvalue weighted by Gasteiger charge is -2.50. The minimum atomic E-state index is -0.471. The quantitative estimate of drug-likeness (QED) is 0.458. The van der Waals surface area contributed by atoms with Crippen LogP contribution < -0.4 is 16.0 Å². The van der Waals surface area contributed by atoms with E-state index in [1.165, 1.54) is 11.1 Å². The zero-order valence-corrected chi connectivity index (χ0v) is 21.3. The molecular weight excluding hydrogens is 436 g/mol. The first-order chi connectivity index (χ1) is 17.0. The fourth-order valence-corrected chi connectivity index (χ4v) is 6.01. The highest BCUT2D eigenvalue weighted by atomic mass is 16.2. The number of likely N-dealkylation sites (N-methyl/N-ethyl adjacent to an activating group) is 1. The first-order valence-corrected chi connectivity index (χ1v) is 13.1. The molecule has 2 heterocycles. The molecule has 3 N–H and O–H groups in total. The number of nitrogens with one attached hydrogen (secondary N) is 3. The van der Waals surface area contributed by atoms with Gasteiger partial charge in [-0.05, 0) is 61.7 Å². The number of nitrogens with zero attached hydrogens (tertiary/aromatic N) is 1. The third-order valence-electron chi connectivity index (χ3n) is 7.90. The molecule has 2 aliphatic heterocycles. The maximum Gasteiger partial charge on any atom is 0.254 e. The summed E-state index contributed by atoms with van der Waals surface area (Å²) in [4.78, 5) is 29.4. The van der Waals surface area contributed by atoms with E-state index in [2.05, 4.69) is 54.1 Å². The second-order valence-corrected chi connectivity index (χ2v) is 10.1. The van der Waals surface area contributed by atoms with Crippen molar-refractivity contribution >= 4 is 11.8 Å². The predicted octanol–water partition coefficient (Wildman–Crippen LogP) is 3.62. The SMILES string of the molecule is CCCNC(NCCC)C(=O)N(C)C12CNC(=O)C(C(c3ccccc3)C1)C(c1ccccc1)C2. The Morgan fingerprint density at radius 1 is 0.943 bits per heavy atom. The Morgan fingerprint density at radius 3 is 1.89 bits per heavy atom. The summed E-state index contributed by atoms with van der Waals surface area (Å²) in [7, 11) is 1.93. The van der Waals surface area contributed by atoms with Gasteiger partial charge in [-0.3, -0.25) is 20.2 Å². The predicted molar refractivity (Wildman–Crippen MR) is 140 cm³/mol. The number of hydrogen-bond acceptors (Lipinski definition) is 4. The summed E-state index contributed by atoms with van der Waals surface area (Å²) in [6.45, 7) is 6.23. The first kappa shape index (κ1) is 25.4. The molecule has 5 rings (SSSR count). The largest absolute Gasteiger partial charge is 0.353 e. The fraction of sp³-hybridized carbons (Fsp3) is 0.517. The molecule has 35 heavy (non-hydrogen) atoms. The number of amides is 2. The Hall–Kier alpha value is -2.70. The van der Waals surface area contributed by atoms with Gasteiger partial charge in [0, 0.05) is 13.6 Å². The molecule has 1 saturated carbocycles. The van der Waals surface area contributed by atoms with Crippen molar-refractivity contribution in [1.29, 1.82) is 0 Å². The summed E-state index contributed by atoms with van der Waals surface area (Å²) < 4.78 is 0. The number of carbonyl (C=O) groups is 2. The minimum absolute atomic E-state index is 0.0403. The average molecular weight is 477 g/mol. The van der Waals surface area contributed by atoms with Crippen molar-refractivity contribution in [2.45, 2.75) is 63.1 Å². The standard InChI is InChI=1S/C29H40N4O2/c1-4-16-30-26(31-17-5-2)28(35)33(3)29-18-23(21-12-8-6-9-13-21)25(27(34)32-20-29)24(19-29)22-14-10-7-11-15-22/h6-15,23-26,30-31H,4-5,16-20H2,1-3H3,(H,32,34). The van der Waals surface area contributed by atoms with Crippen molar-refractivity contribution in [1.82, 2.24) is 20.9 Å². The van der Waals surface area contributed by atoms with Gasteiger partial charge < -0.3 is 10.2 Å². The molecule has 6 heteroatoms. The molecule has 2 saturated heterocycles. The smallest absolute Gasteiger partial charge is 0.254 e. The third-order valence-corrected chi connectivity index (χ3v) is 7.90. The van der Waals surface area contributed by atoms with E-state index in [4.69, 9.17) is 0 Å². The lowest BCUT2D eigenvalue weighted by molar-refractivity contribution is -0.140. The van der Waals surface area contributed by atoms with E-state index in [1.54, 1.807) is 0 Å². The average Bonchev–Trinajstić information content (AvgIpc) is 3.15. The van der Waals surface area contributed by atoms with Crippen LogP contribution >= 0.6 is 0 Å². The summed E-state index contributed by atoms with van der Waals surface area (Å²) in [6.07, 6.45) is 3.00. The molecule has 3 aliphatic rings. The van der Waals surface area contributed by atoms with E-state index in [0.717, 1.165) is 38.8 Å². The van der Waals surface area contributed by atoms with Crippen LogP contribution in [0.25, 0.3) is 0 Å². The van der Waals surface area contributed by atoms with Gasteiger partial charge in [-0.2, -0.15) is 0 Å². The Bertz CT molecular complexity index is 923. The van der Waals surface area contributed by atoms with E-state index in [1.807, 2.05) is 48.3 Å². The van der Waals surface area contributed by atoms with Gasteiger partial charge in [0.25, 0.3) is 5.91 Å². The van der Waals surface area contributed by atoms with Gasteiger partial charge in [-0.15, -0.1) is 0 Å². The normalized spacial score (nSPS) is 25.8.